The topological polar surface area (TPSA) is 850 Å². The molecule has 0 aromatic heterocycles. The number of rotatable bonds is 59. The van der Waals surface area contributed by atoms with Crippen LogP contribution in [0.1, 0.15) is 163 Å². The number of phenols is 1. The number of unbranched alkanes of at least 4 members (excludes halogenated alkanes) is 1. The summed E-state index contributed by atoms with van der Waals surface area (Å²) in [5.74, 6) is -17.4. The largest absolute Gasteiger partial charge is 0.508 e. The molecule has 688 valence electrons. The number of aliphatic imine (C=N–C) groups is 5. The number of carboxylic acids is 2. The third kappa shape index (κ3) is 42.1. The lowest BCUT2D eigenvalue weighted by Crippen LogP contribution is -2.62. The first-order chi connectivity index (χ1) is 57.2. The van der Waals surface area contributed by atoms with Crippen molar-refractivity contribution in [2.75, 3.05) is 59.0 Å². The van der Waals surface area contributed by atoms with Gasteiger partial charge in [-0.25, -0.2) is 4.79 Å². The summed E-state index contributed by atoms with van der Waals surface area (Å²) in [6.45, 7) is 4.46. The third-order valence-corrected chi connectivity index (χ3v) is 19.1. The van der Waals surface area contributed by atoms with Gasteiger partial charge in [-0.15, -0.1) is 0 Å². The van der Waals surface area contributed by atoms with E-state index >= 15 is 0 Å². The minimum Gasteiger partial charge on any atom is -0.508 e. The molecule has 1 heterocycles. The van der Waals surface area contributed by atoms with E-state index in [4.69, 9.17) is 68.8 Å². The molecule has 0 spiro atoms. The Hall–Kier alpha value is -12.2. The highest BCUT2D eigenvalue weighted by molar-refractivity contribution is 6.00. The lowest BCUT2D eigenvalue weighted by atomic mass is 9.96. The standard InChI is InChI=1S/C73H129N29O19.CH4/c1-5-39(4)55(101-60(112)46(25-26-54(106)107)94-58(110)44(16-9-29-87-70(78)79)92-57(109)43(15-8-28-86-69(76)77)91-56(108)42(75)14-6-7-27-74)66(118)98-49(34-38(2)3)61(113)99-51(36-103)63(115)93-45(17-10-30-88-71(80)81)59(111)95-47(18-11-31-89-72(82)83)67(119)102-33-13-20-53(102)65(117)100-52(37-104)64(116)97-50(35-40-21-23-41(105)24-22-40)62(114)96-48(68(120)121)19-12-32-90-73(84)85;/h21-24,38-39,42-53,55,103-105H,5-20,25-37,74-75H2,1-4H3,(H,91,108)(H,92,109)(H,93,115)(H,94,110)(H,95,111)(H,96,114)(H,97,116)(H,98,118)(H,99,113)(H,100,117)(H,101,112)(H,106,107)(H,120,121)(H4,76,77,86)(H4,78,79,87)(H4,80,81,88)(H4,82,83,89)(H4,84,85,90);1H4/t39-,42-,43-,44-,45-,46-,47-,48-,49-,50-,51-,52-,53-,55-;/m0./s1. The van der Waals surface area contributed by atoms with Gasteiger partial charge in [0.1, 0.15) is 78.3 Å². The third-order valence-electron chi connectivity index (χ3n) is 19.1. The summed E-state index contributed by atoms with van der Waals surface area (Å²) in [7, 11) is 0. The van der Waals surface area contributed by atoms with Gasteiger partial charge in [-0.3, -0.25) is 87.3 Å². The predicted octanol–water partition coefficient (Wildman–Crippen LogP) is -9.35. The summed E-state index contributed by atoms with van der Waals surface area (Å²) in [4.78, 5) is 217. The number of aliphatic hydroxyl groups excluding tert-OH is 2. The van der Waals surface area contributed by atoms with Crippen molar-refractivity contribution in [2.45, 2.75) is 242 Å². The molecule has 14 atom stereocenters. The van der Waals surface area contributed by atoms with Crippen molar-refractivity contribution < 1.29 is 92.7 Å². The number of carboxylic acid groups (broad SMARTS) is 2. The first-order valence-corrected chi connectivity index (χ1v) is 40.0. The Bertz CT molecular complexity index is 3700. The molecule has 40 N–H and O–H groups in total. The Balaban J connectivity index is 0.0000744. The molecule has 1 saturated heterocycles. The van der Waals surface area contributed by atoms with Gasteiger partial charge in [-0.05, 0) is 139 Å². The predicted molar refractivity (Wildman–Crippen MR) is 453 cm³/mol. The second kappa shape index (κ2) is 57.9. The summed E-state index contributed by atoms with van der Waals surface area (Å²) in [5, 5.41) is 78.8. The molecule has 48 heteroatoms. The van der Waals surface area contributed by atoms with E-state index in [1.807, 2.05) is 0 Å². The highest BCUT2D eigenvalue weighted by atomic mass is 16.4. The number of carbonyl (C=O) groups excluding carboxylic acids is 12. The van der Waals surface area contributed by atoms with Crippen LogP contribution in [0.2, 0.25) is 0 Å². The van der Waals surface area contributed by atoms with E-state index in [1.54, 1.807) is 27.7 Å². The zero-order valence-electron chi connectivity index (χ0n) is 69.0. The van der Waals surface area contributed by atoms with E-state index in [0.29, 0.717) is 24.9 Å². The molecule has 122 heavy (non-hydrogen) atoms. The van der Waals surface area contributed by atoms with E-state index in [0.717, 1.165) is 4.90 Å². The normalized spacial score (nSPS) is 15.4. The fourth-order valence-corrected chi connectivity index (χ4v) is 12.4. The van der Waals surface area contributed by atoms with Gasteiger partial charge in [0.05, 0.1) is 19.3 Å². The number of likely N-dealkylation sites (tertiary alicyclic amines) is 1. The second-order valence-electron chi connectivity index (χ2n) is 29.4. The second-order valence-corrected chi connectivity index (χ2v) is 29.4. The minimum absolute atomic E-state index is 0. The Morgan fingerprint density at radius 3 is 1.22 bits per heavy atom. The fourth-order valence-electron chi connectivity index (χ4n) is 12.4. The highest BCUT2D eigenvalue weighted by Crippen LogP contribution is 2.22. The van der Waals surface area contributed by atoms with Crippen molar-refractivity contribution in [1.29, 1.82) is 0 Å². The van der Waals surface area contributed by atoms with Gasteiger partial charge in [0.25, 0.3) is 0 Å². The number of benzene rings is 1. The number of hydrogen-bond donors (Lipinski definition) is 28. The smallest absolute Gasteiger partial charge is 0.326 e. The number of phenolic OH excluding ortho intramolecular Hbond substituents is 1. The number of guanidine groups is 5. The van der Waals surface area contributed by atoms with Crippen molar-refractivity contribution in [3.8, 4) is 5.75 Å². The Kier molecular flexibility index (Phi) is 51.1. The number of aromatic hydroxyl groups is 1. The van der Waals surface area contributed by atoms with Gasteiger partial charge < -0.3 is 158 Å². The van der Waals surface area contributed by atoms with Crippen LogP contribution in [-0.2, 0) is 73.5 Å². The number of aliphatic hydroxyl groups is 2. The zero-order chi connectivity index (χ0) is 91.0. The quantitative estimate of drug-likeness (QED) is 0.0164. The van der Waals surface area contributed by atoms with E-state index in [2.05, 4.69) is 83.4 Å². The van der Waals surface area contributed by atoms with Gasteiger partial charge in [-0.2, -0.15) is 0 Å². The molecule has 1 aliphatic heterocycles. The Morgan fingerprint density at radius 1 is 0.443 bits per heavy atom. The minimum atomic E-state index is -1.89. The van der Waals surface area contributed by atoms with Crippen LogP contribution in [0, 0.1) is 11.8 Å². The molecule has 12 amide bonds. The van der Waals surface area contributed by atoms with Gasteiger partial charge >= 0.3 is 11.9 Å². The number of nitrogens with one attached hydrogen (secondary N) is 11. The lowest BCUT2D eigenvalue weighted by molar-refractivity contribution is -0.143. The molecular formula is C74H133N29O19. The van der Waals surface area contributed by atoms with Crippen LogP contribution in [-0.4, -0.2) is 281 Å². The maximum absolute atomic E-state index is 14.9. The first-order valence-electron chi connectivity index (χ1n) is 40.0. The molecule has 1 aromatic carbocycles. The number of hydrogen-bond acceptors (Lipinski definition) is 24. The lowest BCUT2D eigenvalue weighted by Gasteiger charge is -2.31. The molecule has 0 radical (unpaired) electrons. The molecule has 48 nitrogen and oxygen atoms in total. The SMILES string of the molecule is C.CC[C@H](C)[C@H](NC(=O)[C@H](CCC(=O)O)NC(=O)[C@H](CCCN=C(N)N)NC(=O)[C@H](CCCN=C(N)N)NC(=O)[C@@H](N)CCCCN)C(=O)N[C@@H](CC(C)C)C(=O)N[C@@H](CO)C(=O)N[C@@H](CCCN=C(N)N)C(=O)N[C@@H](CCCN=C(N)N)C(=O)N1CCC[C@H]1C(=O)N[C@@H](CO)C(=O)N[C@@H](Cc1ccc(O)cc1)C(=O)N[C@@H](CCCN=C(N)N)C(=O)O. The number of aliphatic carboxylic acids is 2. The molecule has 1 aromatic rings. The van der Waals surface area contributed by atoms with Crippen molar-refractivity contribution in [3.63, 3.8) is 0 Å². The summed E-state index contributed by atoms with van der Waals surface area (Å²) < 4.78 is 0. The van der Waals surface area contributed by atoms with Crippen molar-refractivity contribution in [1.82, 2.24) is 63.4 Å². The molecular weight excluding hydrogens is 1600 g/mol. The van der Waals surface area contributed by atoms with Crippen LogP contribution >= 0.6 is 0 Å². The summed E-state index contributed by atoms with van der Waals surface area (Å²) in [6.07, 6.45) is -0.686. The number of carbonyl (C=O) groups is 14. The van der Waals surface area contributed by atoms with E-state index < -0.39 is 199 Å². The maximum Gasteiger partial charge on any atom is 0.326 e. The van der Waals surface area contributed by atoms with Gasteiger partial charge in [0, 0.05) is 52.1 Å². The average molecular weight is 1730 g/mol. The number of nitrogens with zero attached hydrogens (tertiary/aromatic N) is 6. The number of nitrogens with two attached hydrogens (primary N) is 12. The summed E-state index contributed by atoms with van der Waals surface area (Å²) >= 11 is 0. The molecule has 0 saturated carbocycles. The van der Waals surface area contributed by atoms with Gasteiger partial charge in [-0.1, -0.05) is 60.1 Å². The Morgan fingerprint density at radius 2 is 0.803 bits per heavy atom. The van der Waals surface area contributed by atoms with Crippen LogP contribution in [0.25, 0.3) is 0 Å². The summed E-state index contributed by atoms with van der Waals surface area (Å²) in [5.41, 5.74) is 67.3. The molecule has 1 aliphatic rings. The first kappa shape index (κ1) is 108. The number of amides is 12. The summed E-state index contributed by atoms with van der Waals surface area (Å²) in [6, 6.07) is -14.5. The van der Waals surface area contributed by atoms with E-state index in [-0.39, 0.29) is 185 Å². The van der Waals surface area contributed by atoms with Crippen molar-refractivity contribution >= 4 is 113 Å². The van der Waals surface area contributed by atoms with Crippen LogP contribution < -0.4 is 127 Å². The molecule has 2 rings (SSSR count). The fraction of sp³-hybridized carbons (Fsp3) is 0.662. The highest BCUT2D eigenvalue weighted by Gasteiger charge is 2.42. The zero-order valence-corrected chi connectivity index (χ0v) is 69.0. The monoisotopic (exact) mass is 1730 g/mol. The van der Waals surface area contributed by atoms with Crippen LogP contribution in [0.4, 0.5) is 0 Å². The molecule has 0 unspecified atom stereocenters. The van der Waals surface area contributed by atoms with Crippen molar-refractivity contribution in [2.24, 2.45) is 106 Å². The molecule has 1 fully saturated rings. The molecule has 0 bridgehead atoms. The van der Waals surface area contributed by atoms with Gasteiger partial charge in [0.2, 0.25) is 70.9 Å². The van der Waals surface area contributed by atoms with Crippen LogP contribution in [0.15, 0.2) is 49.2 Å². The van der Waals surface area contributed by atoms with Crippen LogP contribution in [0.3, 0.4) is 0 Å². The van der Waals surface area contributed by atoms with Crippen LogP contribution in [0.5, 0.6) is 5.75 Å². The maximum atomic E-state index is 14.9. The van der Waals surface area contributed by atoms with E-state index in [1.165, 1.54) is 24.3 Å². The van der Waals surface area contributed by atoms with Gasteiger partial charge in [0.15, 0.2) is 29.8 Å². The van der Waals surface area contributed by atoms with E-state index in [9.17, 15) is 92.7 Å². The Labute approximate surface area is 708 Å². The average Bonchev–Trinajstić information content (AvgIpc) is 1.67. The molecule has 0 aliphatic carbocycles. The van der Waals surface area contributed by atoms with Crippen molar-refractivity contribution in [3.05, 3.63) is 29.8 Å².